The minimum Gasteiger partial charge on any atom is -0.499 e. The molecule has 0 aliphatic heterocycles. The van der Waals surface area contributed by atoms with Crippen LogP contribution in [0.3, 0.4) is 0 Å². The lowest BCUT2D eigenvalue weighted by molar-refractivity contribution is -0.139. The number of rotatable bonds is 0. The van der Waals surface area contributed by atoms with Gasteiger partial charge in [0.1, 0.15) is 5.56 Å². The van der Waals surface area contributed by atoms with Crippen molar-refractivity contribution in [3.63, 3.8) is 0 Å². The molecule has 0 aliphatic rings. The fourth-order valence-electron chi connectivity index (χ4n) is 0.584. The van der Waals surface area contributed by atoms with Crippen molar-refractivity contribution in [1.82, 2.24) is 0 Å². The van der Waals surface area contributed by atoms with Gasteiger partial charge in [-0.15, -0.1) is 11.3 Å². The SMILES string of the molecule is Oc1scc(I)c1C(F)(F)F. The van der Waals surface area contributed by atoms with Crippen LogP contribution in [0, 0.1) is 3.57 Å². The predicted molar refractivity (Wildman–Crippen MR) is 43.7 cm³/mol. The van der Waals surface area contributed by atoms with E-state index in [9.17, 15) is 13.2 Å². The van der Waals surface area contributed by atoms with Crippen molar-refractivity contribution in [1.29, 1.82) is 0 Å². The molecule has 6 heteroatoms. The summed E-state index contributed by atoms with van der Waals surface area (Å²) in [7, 11) is 0. The predicted octanol–water partition coefficient (Wildman–Crippen LogP) is 3.08. The molecule has 1 aromatic rings. The summed E-state index contributed by atoms with van der Waals surface area (Å²) in [6, 6.07) is 0. The lowest BCUT2D eigenvalue weighted by Crippen LogP contribution is -2.04. The highest BCUT2D eigenvalue weighted by molar-refractivity contribution is 14.1. The van der Waals surface area contributed by atoms with Gasteiger partial charge in [0.15, 0.2) is 5.06 Å². The van der Waals surface area contributed by atoms with Crippen LogP contribution >= 0.6 is 33.9 Å². The third-order valence-corrected chi connectivity index (χ3v) is 3.06. The lowest BCUT2D eigenvalue weighted by Gasteiger charge is -2.04. The van der Waals surface area contributed by atoms with Crippen LogP contribution in [0.15, 0.2) is 5.38 Å². The molecule has 11 heavy (non-hydrogen) atoms. The van der Waals surface area contributed by atoms with Gasteiger partial charge in [-0.05, 0) is 22.6 Å². The van der Waals surface area contributed by atoms with E-state index in [1.165, 1.54) is 28.0 Å². The summed E-state index contributed by atoms with van der Waals surface area (Å²) in [4.78, 5) is 0. The Morgan fingerprint density at radius 3 is 2.18 bits per heavy atom. The highest BCUT2D eigenvalue weighted by Crippen LogP contribution is 2.42. The number of alkyl halides is 3. The molecule has 0 radical (unpaired) electrons. The first kappa shape index (κ1) is 9.11. The largest absolute Gasteiger partial charge is 0.499 e. The quantitative estimate of drug-likeness (QED) is 0.729. The maximum atomic E-state index is 12.0. The van der Waals surface area contributed by atoms with Gasteiger partial charge >= 0.3 is 6.18 Å². The highest BCUT2D eigenvalue weighted by atomic mass is 127. The topological polar surface area (TPSA) is 20.2 Å². The van der Waals surface area contributed by atoms with Crippen molar-refractivity contribution in [2.75, 3.05) is 0 Å². The summed E-state index contributed by atoms with van der Waals surface area (Å²) < 4.78 is 36.0. The Labute approximate surface area is 78.0 Å². The van der Waals surface area contributed by atoms with Crippen molar-refractivity contribution in [3.05, 3.63) is 14.5 Å². The van der Waals surface area contributed by atoms with Gasteiger partial charge in [0.05, 0.1) is 0 Å². The van der Waals surface area contributed by atoms with Gasteiger partial charge < -0.3 is 5.11 Å². The van der Waals surface area contributed by atoms with E-state index in [1.807, 2.05) is 0 Å². The number of aromatic hydroxyl groups is 1. The van der Waals surface area contributed by atoms with Crippen molar-refractivity contribution in [3.8, 4) is 5.06 Å². The Kier molecular flexibility index (Phi) is 2.33. The second kappa shape index (κ2) is 2.81. The zero-order valence-corrected chi connectivity index (χ0v) is 7.92. The molecular formula is C5H2F3IOS. The standard InChI is InChI=1S/C5H2F3IOS/c6-5(7,8)3-2(9)1-11-4(3)10/h1,10H. The second-order valence-corrected chi connectivity index (χ2v) is 3.78. The van der Waals surface area contributed by atoms with Gasteiger partial charge in [-0.1, -0.05) is 0 Å². The molecule has 0 aliphatic carbocycles. The summed E-state index contributed by atoms with van der Waals surface area (Å²) in [5, 5.41) is 9.36. The Morgan fingerprint density at radius 1 is 1.45 bits per heavy atom. The third-order valence-electron chi connectivity index (χ3n) is 1.01. The van der Waals surface area contributed by atoms with E-state index in [4.69, 9.17) is 5.11 Å². The molecule has 0 saturated heterocycles. The molecule has 0 bridgehead atoms. The molecule has 1 nitrogen and oxygen atoms in total. The summed E-state index contributed by atoms with van der Waals surface area (Å²) in [6.45, 7) is 0. The fraction of sp³-hybridized carbons (Fsp3) is 0.200. The molecule has 0 spiro atoms. The summed E-state index contributed by atoms with van der Waals surface area (Å²) in [5.41, 5.74) is -0.928. The Bertz CT molecular complexity index is 248. The van der Waals surface area contributed by atoms with Crippen molar-refractivity contribution in [2.24, 2.45) is 0 Å². The molecule has 1 aromatic heterocycles. The second-order valence-electron chi connectivity index (χ2n) is 1.76. The molecule has 0 fully saturated rings. The van der Waals surface area contributed by atoms with Crippen molar-refractivity contribution < 1.29 is 18.3 Å². The maximum absolute atomic E-state index is 12.0. The number of thiophene rings is 1. The number of hydrogen-bond acceptors (Lipinski definition) is 2. The zero-order valence-electron chi connectivity index (χ0n) is 4.94. The van der Waals surface area contributed by atoms with Crippen LogP contribution in [-0.4, -0.2) is 5.11 Å². The summed E-state index contributed by atoms with van der Waals surface area (Å²) in [6.07, 6.45) is -4.44. The van der Waals surface area contributed by atoms with Gasteiger partial charge in [0.25, 0.3) is 0 Å². The smallest absolute Gasteiger partial charge is 0.421 e. The molecule has 62 valence electrons. The van der Waals surface area contributed by atoms with Gasteiger partial charge in [0.2, 0.25) is 0 Å². The minimum absolute atomic E-state index is 0.0394. The van der Waals surface area contributed by atoms with Crippen LogP contribution in [0.2, 0.25) is 0 Å². The van der Waals surface area contributed by atoms with Gasteiger partial charge in [-0.3, -0.25) is 0 Å². The van der Waals surface area contributed by atoms with Crippen LogP contribution in [0.5, 0.6) is 5.06 Å². The first-order valence-corrected chi connectivity index (χ1v) is 4.42. The monoisotopic (exact) mass is 294 g/mol. The third kappa shape index (κ3) is 1.78. The van der Waals surface area contributed by atoms with Crippen LogP contribution in [-0.2, 0) is 6.18 Å². The zero-order chi connectivity index (χ0) is 8.65. The van der Waals surface area contributed by atoms with Crippen LogP contribution < -0.4 is 0 Å². The van der Waals surface area contributed by atoms with Crippen LogP contribution in [0.1, 0.15) is 5.56 Å². The van der Waals surface area contributed by atoms with E-state index in [0.717, 1.165) is 0 Å². The Morgan fingerprint density at radius 2 is 2.00 bits per heavy atom. The Balaban J connectivity index is 3.21. The molecule has 1 rings (SSSR count). The highest BCUT2D eigenvalue weighted by Gasteiger charge is 2.37. The van der Waals surface area contributed by atoms with Gasteiger partial charge in [0, 0.05) is 8.95 Å². The molecule has 0 amide bonds. The lowest BCUT2D eigenvalue weighted by atomic mass is 10.3. The summed E-state index contributed by atoms with van der Waals surface area (Å²) >= 11 is 2.22. The number of hydrogen-bond donors (Lipinski definition) is 1. The average molecular weight is 294 g/mol. The van der Waals surface area contributed by atoms with E-state index in [2.05, 4.69) is 0 Å². The first-order chi connectivity index (χ1) is 4.93. The minimum atomic E-state index is -4.44. The Hall–Kier alpha value is 0.0200. The normalized spacial score (nSPS) is 12.0. The van der Waals surface area contributed by atoms with Crippen molar-refractivity contribution in [2.45, 2.75) is 6.18 Å². The average Bonchev–Trinajstić information content (AvgIpc) is 2.08. The van der Waals surface area contributed by atoms with E-state index in [0.29, 0.717) is 11.3 Å². The molecule has 0 aromatic carbocycles. The van der Waals surface area contributed by atoms with E-state index < -0.39 is 16.8 Å². The van der Waals surface area contributed by atoms with Crippen LogP contribution in [0.4, 0.5) is 13.2 Å². The molecule has 1 heterocycles. The molecule has 0 atom stereocenters. The molecule has 0 saturated carbocycles. The molecular weight excluding hydrogens is 292 g/mol. The maximum Gasteiger partial charge on any atom is 0.421 e. The number of halogens is 4. The molecule has 0 unspecified atom stereocenters. The first-order valence-electron chi connectivity index (χ1n) is 2.46. The molecule has 1 N–H and O–H groups in total. The van der Waals surface area contributed by atoms with Crippen LogP contribution in [0.25, 0.3) is 0 Å². The van der Waals surface area contributed by atoms with Gasteiger partial charge in [-0.2, -0.15) is 13.2 Å². The van der Waals surface area contributed by atoms with E-state index in [1.54, 1.807) is 0 Å². The summed E-state index contributed by atoms with van der Waals surface area (Å²) in [5.74, 6) is 0. The van der Waals surface area contributed by atoms with E-state index in [-0.39, 0.29) is 3.57 Å². The fourth-order valence-corrected chi connectivity index (χ4v) is 2.39. The van der Waals surface area contributed by atoms with Crippen molar-refractivity contribution >= 4 is 33.9 Å². The van der Waals surface area contributed by atoms with E-state index >= 15 is 0 Å². The van der Waals surface area contributed by atoms with Gasteiger partial charge in [-0.25, -0.2) is 0 Å².